The molecule has 1 heterocycles. The molecular weight excluding hydrogens is 362 g/mol. The van der Waals surface area contributed by atoms with Crippen LogP contribution in [0, 0.1) is 18.6 Å². The fourth-order valence-corrected chi connectivity index (χ4v) is 3.89. The van der Waals surface area contributed by atoms with E-state index in [-0.39, 0.29) is 10.6 Å². The van der Waals surface area contributed by atoms with Crippen LogP contribution in [0.2, 0.25) is 0 Å². The third kappa shape index (κ3) is 3.60. The molecule has 0 saturated heterocycles. The van der Waals surface area contributed by atoms with Crippen molar-refractivity contribution in [3.05, 3.63) is 71.8 Å². The minimum Gasteiger partial charge on any atom is -0.495 e. The number of sulfone groups is 1. The molecule has 0 spiro atoms. The number of hydrogen-bond acceptors (Lipinski definition) is 4. The maximum absolute atomic E-state index is 13.3. The van der Waals surface area contributed by atoms with Gasteiger partial charge in [0.05, 0.1) is 35.5 Å². The number of aromatic nitrogens is 2. The largest absolute Gasteiger partial charge is 0.495 e. The minimum absolute atomic E-state index is 0.273. The SMILES string of the molecule is COc1cc(CS(=O)(=O)c2ccc(F)c(F)c2)ccc1-n1cnc(C)c1. The zero-order chi connectivity index (χ0) is 18.9. The van der Waals surface area contributed by atoms with Crippen LogP contribution in [0.1, 0.15) is 11.3 Å². The van der Waals surface area contributed by atoms with E-state index in [2.05, 4.69) is 4.98 Å². The van der Waals surface area contributed by atoms with Crippen molar-refractivity contribution >= 4 is 9.84 Å². The van der Waals surface area contributed by atoms with Gasteiger partial charge in [0.1, 0.15) is 5.75 Å². The molecule has 26 heavy (non-hydrogen) atoms. The van der Waals surface area contributed by atoms with Crippen LogP contribution in [0.5, 0.6) is 5.75 Å². The van der Waals surface area contributed by atoms with Gasteiger partial charge >= 0.3 is 0 Å². The van der Waals surface area contributed by atoms with Gasteiger partial charge in [-0.2, -0.15) is 0 Å². The predicted octanol–water partition coefficient (Wildman–Crippen LogP) is 3.44. The van der Waals surface area contributed by atoms with Crippen molar-refractivity contribution in [3.8, 4) is 11.4 Å². The van der Waals surface area contributed by atoms with E-state index < -0.39 is 21.5 Å². The van der Waals surface area contributed by atoms with E-state index in [1.807, 2.05) is 13.1 Å². The summed E-state index contributed by atoms with van der Waals surface area (Å²) in [6, 6.07) is 7.49. The smallest absolute Gasteiger partial charge is 0.182 e. The highest BCUT2D eigenvalue weighted by atomic mass is 32.2. The fourth-order valence-electron chi connectivity index (χ4n) is 2.55. The highest BCUT2D eigenvalue weighted by Gasteiger charge is 2.19. The average Bonchev–Trinajstić information content (AvgIpc) is 3.03. The van der Waals surface area contributed by atoms with E-state index in [4.69, 9.17) is 4.74 Å². The molecular formula is C18H16F2N2O3S. The molecule has 0 aliphatic rings. The second-order valence-electron chi connectivity index (χ2n) is 5.76. The van der Waals surface area contributed by atoms with Gasteiger partial charge in [-0.25, -0.2) is 22.2 Å². The van der Waals surface area contributed by atoms with Gasteiger partial charge in [-0.3, -0.25) is 0 Å². The first-order valence-corrected chi connectivity index (χ1v) is 9.31. The summed E-state index contributed by atoms with van der Waals surface area (Å²) in [5.41, 5.74) is 2.01. The number of rotatable bonds is 5. The van der Waals surface area contributed by atoms with Crippen molar-refractivity contribution in [1.29, 1.82) is 0 Å². The summed E-state index contributed by atoms with van der Waals surface area (Å²) in [5, 5.41) is 0. The number of hydrogen-bond donors (Lipinski definition) is 0. The van der Waals surface area contributed by atoms with Crippen LogP contribution in [0.15, 0.2) is 53.8 Å². The molecule has 0 fully saturated rings. The first-order valence-electron chi connectivity index (χ1n) is 7.66. The van der Waals surface area contributed by atoms with Gasteiger partial charge in [-0.15, -0.1) is 0 Å². The number of aryl methyl sites for hydroxylation is 1. The molecule has 0 N–H and O–H groups in total. The Bertz CT molecular complexity index is 1060. The lowest BCUT2D eigenvalue weighted by Gasteiger charge is -2.12. The highest BCUT2D eigenvalue weighted by molar-refractivity contribution is 7.90. The molecule has 0 atom stereocenters. The predicted molar refractivity (Wildman–Crippen MR) is 92.1 cm³/mol. The zero-order valence-corrected chi connectivity index (χ0v) is 14.9. The van der Waals surface area contributed by atoms with Gasteiger partial charge in [0.15, 0.2) is 21.5 Å². The first-order chi connectivity index (χ1) is 12.3. The van der Waals surface area contributed by atoms with Gasteiger partial charge in [0, 0.05) is 6.20 Å². The number of methoxy groups -OCH3 is 1. The summed E-state index contributed by atoms with van der Waals surface area (Å²) in [4.78, 5) is 3.88. The lowest BCUT2D eigenvalue weighted by atomic mass is 10.2. The van der Waals surface area contributed by atoms with E-state index in [1.165, 1.54) is 7.11 Å². The average molecular weight is 378 g/mol. The Morgan fingerprint density at radius 3 is 2.50 bits per heavy atom. The molecule has 0 bridgehead atoms. The molecule has 0 unspecified atom stereocenters. The number of benzene rings is 2. The van der Waals surface area contributed by atoms with Gasteiger partial charge in [-0.1, -0.05) is 6.07 Å². The number of nitrogens with zero attached hydrogens (tertiary/aromatic N) is 2. The van der Waals surface area contributed by atoms with Gasteiger partial charge in [-0.05, 0) is 42.8 Å². The van der Waals surface area contributed by atoms with E-state index in [9.17, 15) is 17.2 Å². The topological polar surface area (TPSA) is 61.2 Å². The van der Waals surface area contributed by atoms with E-state index in [0.717, 1.165) is 17.8 Å². The fraction of sp³-hybridized carbons (Fsp3) is 0.167. The Balaban J connectivity index is 1.93. The molecule has 5 nitrogen and oxygen atoms in total. The third-order valence-corrected chi connectivity index (χ3v) is 5.53. The van der Waals surface area contributed by atoms with Crippen LogP contribution in [0.3, 0.4) is 0 Å². The maximum atomic E-state index is 13.3. The van der Waals surface area contributed by atoms with Crippen LogP contribution >= 0.6 is 0 Å². The second kappa shape index (κ2) is 6.87. The van der Waals surface area contributed by atoms with Gasteiger partial charge < -0.3 is 9.30 Å². The van der Waals surface area contributed by atoms with Crippen LogP contribution in [0.25, 0.3) is 5.69 Å². The molecule has 2 aromatic carbocycles. The Morgan fingerprint density at radius 1 is 1.12 bits per heavy atom. The Kier molecular flexibility index (Phi) is 4.78. The summed E-state index contributed by atoms with van der Waals surface area (Å²) in [7, 11) is -2.35. The Morgan fingerprint density at radius 2 is 1.88 bits per heavy atom. The van der Waals surface area contributed by atoms with Crippen LogP contribution in [-0.4, -0.2) is 25.1 Å². The molecule has 3 aromatic rings. The maximum Gasteiger partial charge on any atom is 0.182 e. The highest BCUT2D eigenvalue weighted by Crippen LogP contribution is 2.27. The molecule has 8 heteroatoms. The van der Waals surface area contributed by atoms with Crippen LogP contribution < -0.4 is 4.74 Å². The Hall–Kier alpha value is -2.74. The molecule has 1 aromatic heterocycles. The lowest BCUT2D eigenvalue weighted by molar-refractivity contribution is 0.412. The first kappa shape index (κ1) is 18.1. The van der Waals surface area contributed by atoms with Crippen molar-refractivity contribution in [2.24, 2.45) is 0 Å². The number of imidazole rings is 1. The van der Waals surface area contributed by atoms with Crippen molar-refractivity contribution in [1.82, 2.24) is 9.55 Å². The molecule has 136 valence electrons. The number of halogens is 2. The van der Waals surface area contributed by atoms with Crippen molar-refractivity contribution < 1.29 is 21.9 Å². The normalized spacial score (nSPS) is 11.5. The van der Waals surface area contributed by atoms with Gasteiger partial charge in [0.2, 0.25) is 0 Å². The summed E-state index contributed by atoms with van der Waals surface area (Å²) in [5.74, 6) is -2.18. The summed E-state index contributed by atoms with van der Waals surface area (Å²) < 4.78 is 58.4. The molecule has 0 aliphatic heterocycles. The van der Waals surface area contributed by atoms with Gasteiger partial charge in [0.25, 0.3) is 0 Å². The van der Waals surface area contributed by atoms with E-state index >= 15 is 0 Å². The van der Waals surface area contributed by atoms with Crippen molar-refractivity contribution in [3.63, 3.8) is 0 Å². The van der Waals surface area contributed by atoms with Crippen LogP contribution in [0.4, 0.5) is 8.78 Å². The van der Waals surface area contributed by atoms with Crippen molar-refractivity contribution in [2.75, 3.05) is 7.11 Å². The summed E-state index contributed by atoms with van der Waals surface area (Å²) in [6.45, 7) is 1.85. The second-order valence-corrected chi connectivity index (χ2v) is 7.75. The zero-order valence-electron chi connectivity index (χ0n) is 14.1. The number of ether oxygens (including phenoxy) is 1. The third-order valence-electron chi connectivity index (χ3n) is 3.84. The van der Waals surface area contributed by atoms with E-state index in [0.29, 0.717) is 23.1 Å². The molecule has 0 radical (unpaired) electrons. The van der Waals surface area contributed by atoms with Crippen LogP contribution in [-0.2, 0) is 15.6 Å². The molecule has 0 aliphatic carbocycles. The molecule has 3 rings (SSSR count). The minimum atomic E-state index is -3.83. The van der Waals surface area contributed by atoms with Crippen molar-refractivity contribution in [2.45, 2.75) is 17.6 Å². The summed E-state index contributed by atoms with van der Waals surface area (Å²) >= 11 is 0. The van der Waals surface area contributed by atoms with E-state index in [1.54, 1.807) is 29.1 Å². The standard InChI is InChI=1S/C18H16F2N2O3S/c1-12-9-22(11-21-12)17-6-3-13(7-18(17)25-2)10-26(23,24)14-4-5-15(19)16(20)8-14/h3-9,11H,10H2,1-2H3. The lowest BCUT2D eigenvalue weighted by Crippen LogP contribution is -2.07. The molecule has 0 saturated carbocycles. The monoisotopic (exact) mass is 378 g/mol. The summed E-state index contributed by atoms with van der Waals surface area (Å²) in [6.07, 6.45) is 3.44. The Labute approximate surface area is 149 Å². The molecule has 0 amide bonds. The quantitative estimate of drug-likeness (QED) is 0.638.